The zero-order valence-electron chi connectivity index (χ0n) is 12.7. The molecule has 4 N–H and O–H groups in total. The van der Waals surface area contributed by atoms with Crippen molar-refractivity contribution >= 4 is 11.5 Å². The fourth-order valence-corrected chi connectivity index (χ4v) is 1.98. The lowest BCUT2D eigenvalue weighted by atomic mass is 10.1. The van der Waals surface area contributed by atoms with Crippen molar-refractivity contribution in [2.24, 2.45) is 0 Å². The summed E-state index contributed by atoms with van der Waals surface area (Å²) in [6.45, 7) is 6.44. The van der Waals surface area contributed by atoms with Crippen LogP contribution < -0.4 is 11.1 Å². The van der Waals surface area contributed by atoms with Crippen LogP contribution in [0.25, 0.3) is 0 Å². The highest BCUT2D eigenvalue weighted by molar-refractivity contribution is 5.41. The minimum absolute atomic E-state index is 0.271. The SMILES string of the molecule is Cc1cc(NCC(O)c2ccc(N)cc2)nc(C(C)C)n1. The van der Waals surface area contributed by atoms with Gasteiger partial charge < -0.3 is 16.2 Å². The van der Waals surface area contributed by atoms with Crippen molar-refractivity contribution in [3.8, 4) is 0 Å². The highest BCUT2D eigenvalue weighted by Gasteiger charge is 2.09. The third-order valence-electron chi connectivity index (χ3n) is 3.19. The van der Waals surface area contributed by atoms with Gasteiger partial charge in [-0.2, -0.15) is 0 Å². The van der Waals surface area contributed by atoms with Crippen LogP contribution in [0.3, 0.4) is 0 Å². The Balaban J connectivity index is 2.04. The molecule has 5 nitrogen and oxygen atoms in total. The van der Waals surface area contributed by atoms with Crippen molar-refractivity contribution in [3.05, 3.63) is 47.4 Å². The van der Waals surface area contributed by atoms with Gasteiger partial charge in [-0.15, -0.1) is 0 Å². The molecule has 0 aliphatic heterocycles. The average Bonchev–Trinajstić information content (AvgIpc) is 2.45. The summed E-state index contributed by atoms with van der Waals surface area (Å²) < 4.78 is 0. The molecular formula is C16H22N4O. The topological polar surface area (TPSA) is 84.1 Å². The van der Waals surface area contributed by atoms with Crippen LogP contribution in [0.2, 0.25) is 0 Å². The van der Waals surface area contributed by atoms with Crippen LogP contribution in [0, 0.1) is 6.92 Å². The molecular weight excluding hydrogens is 264 g/mol. The van der Waals surface area contributed by atoms with Crippen LogP contribution in [-0.2, 0) is 0 Å². The van der Waals surface area contributed by atoms with Gasteiger partial charge in [-0.1, -0.05) is 26.0 Å². The third-order valence-corrected chi connectivity index (χ3v) is 3.19. The largest absolute Gasteiger partial charge is 0.399 e. The van der Waals surface area contributed by atoms with Gasteiger partial charge in [-0.25, -0.2) is 9.97 Å². The summed E-state index contributed by atoms with van der Waals surface area (Å²) in [5.41, 5.74) is 8.07. The molecule has 0 bridgehead atoms. The van der Waals surface area contributed by atoms with E-state index in [9.17, 15) is 5.11 Å². The lowest BCUT2D eigenvalue weighted by molar-refractivity contribution is 0.191. The van der Waals surface area contributed by atoms with E-state index in [1.165, 1.54) is 0 Å². The maximum Gasteiger partial charge on any atom is 0.133 e. The Morgan fingerprint density at radius 3 is 2.48 bits per heavy atom. The molecule has 0 saturated carbocycles. The normalized spacial score (nSPS) is 12.4. The summed E-state index contributed by atoms with van der Waals surface area (Å²) in [6, 6.07) is 9.09. The number of aryl methyl sites for hydroxylation is 1. The quantitative estimate of drug-likeness (QED) is 0.736. The molecule has 0 saturated heterocycles. The second kappa shape index (κ2) is 6.54. The maximum atomic E-state index is 10.2. The Hall–Kier alpha value is -2.14. The first-order valence-electron chi connectivity index (χ1n) is 7.08. The molecule has 0 spiro atoms. The van der Waals surface area contributed by atoms with Gasteiger partial charge in [0.1, 0.15) is 11.6 Å². The number of rotatable bonds is 5. The highest BCUT2D eigenvalue weighted by Crippen LogP contribution is 2.17. The van der Waals surface area contributed by atoms with E-state index >= 15 is 0 Å². The van der Waals surface area contributed by atoms with Gasteiger partial charge in [-0.3, -0.25) is 0 Å². The number of nitrogens with one attached hydrogen (secondary N) is 1. The molecule has 21 heavy (non-hydrogen) atoms. The average molecular weight is 286 g/mol. The van der Waals surface area contributed by atoms with E-state index < -0.39 is 6.10 Å². The monoisotopic (exact) mass is 286 g/mol. The number of nitrogens with two attached hydrogens (primary N) is 1. The number of aliphatic hydroxyl groups excluding tert-OH is 1. The van der Waals surface area contributed by atoms with Crippen LogP contribution in [0.1, 0.15) is 43.0 Å². The van der Waals surface area contributed by atoms with E-state index in [2.05, 4.69) is 29.1 Å². The van der Waals surface area contributed by atoms with E-state index in [0.29, 0.717) is 12.2 Å². The Labute approximate surface area is 125 Å². The predicted octanol–water partition coefficient (Wildman–Crippen LogP) is 2.64. The highest BCUT2D eigenvalue weighted by atomic mass is 16.3. The molecule has 1 unspecified atom stereocenters. The lowest BCUT2D eigenvalue weighted by Gasteiger charge is -2.14. The Morgan fingerprint density at radius 2 is 1.86 bits per heavy atom. The minimum Gasteiger partial charge on any atom is -0.399 e. The van der Waals surface area contributed by atoms with Crippen LogP contribution in [0.15, 0.2) is 30.3 Å². The van der Waals surface area contributed by atoms with Crippen molar-refractivity contribution in [3.63, 3.8) is 0 Å². The summed E-state index contributed by atoms with van der Waals surface area (Å²) in [5.74, 6) is 1.81. The van der Waals surface area contributed by atoms with Gasteiger partial charge in [0.2, 0.25) is 0 Å². The minimum atomic E-state index is -0.608. The zero-order chi connectivity index (χ0) is 15.4. The molecule has 1 heterocycles. The molecule has 1 aromatic heterocycles. The molecule has 0 radical (unpaired) electrons. The molecule has 0 aliphatic carbocycles. The second-order valence-corrected chi connectivity index (χ2v) is 5.47. The van der Waals surface area contributed by atoms with Gasteiger partial charge in [0.25, 0.3) is 0 Å². The van der Waals surface area contributed by atoms with E-state index in [1.807, 2.05) is 25.1 Å². The van der Waals surface area contributed by atoms with E-state index in [4.69, 9.17) is 5.73 Å². The Bertz CT molecular complexity index is 596. The van der Waals surface area contributed by atoms with Gasteiger partial charge in [0.05, 0.1) is 6.10 Å². The smallest absolute Gasteiger partial charge is 0.133 e. The molecule has 0 aliphatic rings. The number of nitrogen functional groups attached to an aromatic ring is 1. The van der Waals surface area contributed by atoms with E-state index in [1.54, 1.807) is 12.1 Å². The number of benzene rings is 1. The van der Waals surface area contributed by atoms with Crippen molar-refractivity contribution < 1.29 is 5.11 Å². The summed E-state index contributed by atoms with van der Waals surface area (Å²) in [5, 5.41) is 13.3. The van der Waals surface area contributed by atoms with Gasteiger partial charge in [-0.05, 0) is 24.6 Å². The third kappa shape index (κ3) is 4.16. The number of nitrogens with zero attached hydrogens (tertiary/aromatic N) is 2. The molecule has 1 aromatic carbocycles. The van der Waals surface area contributed by atoms with Gasteiger partial charge >= 0.3 is 0 Å². The van der Waals surface area contributed by atoms with Gasteiger partial charge in [0.15, 0.2) is 0 Å². The number of hydrogen-bond acceptors (Lipinski definition) is 5. The van der Waals surface area contributed by atoms with Crippen LogP contribution >= 0.6 is 0 Å². The van der Waals surface area contributed by atoms with Crippen LogP contribution in [-0.4, -0.2) is 21.6 Å². The standard InChI is InChI=1S/C16H22N4O/c1-10(2)16-19-11(3)8-15(20-16)18-9-14(21)12-4-6-13(17)7-5-12/h4-8,10,14,21H,9,17H2,1-3H3,(H,18,19,20). The summed E-state index contributed by atoms with van der Waals surface area (Å²) in [6.07, 6.45) is -0.608. The first kappa shape index (κ1) is 15.3. The molecule has 2 aromatic rings. The second-order valence-electron chi connectivity index (χ2n) is 5.47. The molecule has 0 fully saturated rings. The molecule has 1 atom stereocenters. The first-order valence-corrected chi connectivity index (χ1v) is 7.08. The molecule has 0 amide bonds. The molecule has 112 valence electrons. The van der Waals surface area contributed by atoms with E-state index in [-0.39, 0.29) is 5.92 Å². The fourth-order valence-electron chi connectivity index (χ4n) is 1.98. The number of aromatic nitrogens is 2. The predicted molar refractivity (Wildman–Crippen MR) is 85.2 cm³/mol. The fraction of sp³-hybridized carbons (Fsp3) is 0.375. The van der Waals surface area contributed by atoms with Crippen molar-refractivity contribution in [1.82, 2.24) is 9.97 Å². The van der Waals surface area contributed by atoms with Crippen LogP contribution in [0.5, 0.6) is 0 Å². The number of hydrogen-bond donors (Lipinski definition) is 3. The Kier molecular flexibility index (Phi) is 4.75. The van der Waals surface area contributed by atoms with Gasteiger partial charge in [0, 0.05) is 29.9 Å². The summed E-state index contributed by atoms with van der Waals surface area (Å²) in [7, 11) is 0. The maximum absolute atomic E-state index is 10.2. The zero-order valence-corrected chi connectivity index (χ0v) is 12.7. The van der Waals surface area contributed by atoms with Crippen molar-refractivity contribution in [2.45, 2.75) is 32.8 Å². The van der Waals surface area contributed by atoms with Crippen LogP contribution in [0.4, 0.5) is 11.5 Å². The van der Waals surface area contributed by atoms with Crippen molar-refractivity contribution in [2.75, 3.05) is 17.6 Å². The van der Waals surface area contributed by atoms with E-state index in [0.717, 1.165) is 22.9 Å². The lowest BCUT2D eigenvalue weighted by Crippen LogP contribution is -2.14. The summed E-state index contributed by atoms with van der Waals surface area (Å²) in [4.78, 5) is 8.86. The number of anilines is 2. The number of aliphatic hydroxyl groups is 1. The molecule has 5 heteroatoms. The Morgan fingerprint density at radius 1 is 1.19 bits per heavy atom. The molecule has 2 rings (SSSR count). The van der Waals surface area contributed by atoms with Crippen molar-refractivity contribution in [1.29, 1.82) is 0 Å². The summed E-state index contributed by atoms with van der Waals surface area (Å²) >= 11 is 0. The first-order chi connectivity index (χ1) is 9.95.